The highest BCUT2D eigenvalue weighted by Crippen LogP contribution is 2.25. The SMILES string of the molecule is O=C1CCC(NC(=O)C2CCCCS2)CC1. The predicted molar refractivity (Wildman–Crippen MR) is 65.5 cm³/mol. The summed E-state index contributed by atoms with van der Waals surface area (Å²) in [4.78, 5) is 23.0. The summed E-state index contributed by atoms with van der Waals surface area (Å²) in [7, 11) is 0. The van der Waals surface area contributed by atoms with Crippen molar-refractivity contribution in [1.29, 1.82) is 0 Å². The molecule has 1 atom stereocenters. The molecule has 4 heteroatoms. The number of rotatable bonds is 2. The van der Waals surface area contributed by atoms with Gasteiger partial charge >= 0.3 is 0 Å². The standard InChI is InChI=1S/C12H19NO2S/c14-10-6-4-9(5-7-10)13-12(15)11-3-1-2-8-16-11/h9,11H,1-8H2,(H,13,15). The Kier molecular flexibility index (Phi) is 4.27. The first-order valence-corrected chi connectivity index (χ1v) is 7.24. The molecule has 3 nitrogen and oxygen atoms in total. The van der Waals surface area contributed by atoms with Crippen molar-refractivity contribution in [3.8, 4) is 0 Å². The number of ketones is 1. The van der Waals surface area contributed by atoms with Crippen LogP contribution in [0.2, 0.25) is 0 Å². The van der Waals surface area contributed by atoms with E-state index in [0.29, 0.717) is 18.6 Å². The summed E-state index contributed by atoms with van der Waals surface area (Å²) in [6.45, 7) is 0. The largest absolute Gasteiger partial charge is 0.352 e. The van der Waals surface area contributed by atoms with Gasteiger partial charge in [0.2, 0.25) is 5.91 Å². The second-order valence-corrected chi connectivity index (χ2v) is 5.99. The molecule has 0 aromatic rings. The number of hydrogen-bond acceptors (Lipinski definition) is 3. The number of Topliss-reactive ketones (excluding diaryl/α,β-unsaturated/α-hetero) is 1. The van der Waals surface area contributed by atoms with Crippen molar-refractivity contribution in [2.45, 2.75) is 56.2 Å². The molecule has 2 aliphatic rings. The van der Waals surface area contributed by atoms with Gasteiger partial charge in [-0.15, -0.1) is 11.8 Å². The Balaban J connectivity index is 1.75. The number of carbonyl (C=O) groups excluding carboxylic acids is 2. The zero-order valence-corrected chi connectivity index (χ0v) is 10.4. The maximum absolute atomic E-state index is 11.9. The van der Waals surface area contributed by atoms with Crippen LogP contribution >= 0.6 is 11.8 Å². The molecule has 2 rings (SSSR count). The van der Waals surface area contributed by atoms with E-state index >= 15 is 0 Å². The Morgan fingerprint density at radius 3 is 2.56 bits per heavy atom. The minimum absolute atomic E-state index is 0.159. The lowest BCUT2D eigenvalue weighted by Gasteiger charge is -2.26. The third kappa shape index (κ3) is 3.24. The number of amides is 1. The van der Waals surface area contributed by atoms with Gasteiger partial charge in [-0.25, -0.2) is 0 Å². The highest BCUT2D eigenvalue weighted by molar-refractivity contribution is 8.00. The van der Waals surface area contributed by atoms with Crippen LogP contribution in [-0.4, -0.2) is 28.7 Å². The van der Waals surface area contributed by atoms with Gasteiger partial charge in [-0.2, -0.15) is 0 Å². The molecular formula is C12H19NO2S. The van der Waals surface area contributed by atoms with E-state index in [1.807, 2.05) is 0 Å². The van der Waals surface area contributed by atoms with E-state index in [9.17, 15) is 9.59 Å². The fourth-order valence-corrected chi connectivity index (χ4v) is 3.53. The summed E-state index contributed by atoms with van der Waals surface area (Å²) in [5.74, 6) is 1.66. The van der Waals surface area contributed by atoms with Crippen LogP contribution < -0.4 is 5.32 Å². The van der Waals surface area contributed by atoms with Crippen LogP contribution in [0.5, 0.6) is 0 Å². The third-order valence-corrected chi connectivity index (χ3v) is 4.74. The van der Waals surface area contributed by atoms with E-state index < -0.39 is 0 Å². The summed E-state index contributed by atoms with van der Waals surface area (Å²) in [6, 6.07) is 0.243. The van der Waals surface area contributed by atoms with Gasteiger partial charge in [0.15, 0.2) is 0 Å². The Labute approximate surface area is 101 Å². The molecule has 1 unspecified atom stereocenters. The lowest BCUT2D eigenvalue weighted by molar-refractivity contribution is -0.124. The van der Waals surface area contributed by atoms with Crippen LogP contribution in [0, 0.1) is 0 Å². The van der Waals surface area contributed by atoms with Gasteiger partial charge in [-0.3, -0.25) is 9.59 Å². The Morgan fingerprint density at radius 1 is 1.19 bits per heavy atom. The molecule has 1 aliphatic carbocycles. The topological polar surface area (TPSA) is 46.2 Å². The van der Waals surface area contributed by atoms with Crippen LogP contribution in [0.4, 0.5) is 0 Å². The van der Waals surface area contributed by atoms with Crippen LogP contribution in [0.15, 0.2) is 0 Å². The van der Waals surface area contributed by atoms with Gasteiger partial charge in [-0.1, -0.05) is 6.42 Å². The smallest absolute Gasteiger partial charge is 0.233 e. The third-order valence-electron chi connectivity index (χ3n) is 3.36. The summed E-state index contributed by atoms with van der Waals surface area (Å²) < 4.78 is 0. The molecular weight excluding hydrogens is 222 g/mol. The minimum atomic E-state index is 0.159. The first-order chi connectivity index (χ1) is 7.75. The molecule has 0 aromatic heterocycles. The van der Waals surface area contributed by atoms with Gasteiger partial charge in [0, 0.05) is 18.9 Å². The molecule has 1 saturated carbocycles. The van der Waals surface area contributed by atoms with Crippen molar-refractivity contribution in [3.05, 3.63) is 0 Å². The molecule has 16 heavy (non-hydrogen) atoms. The Bertz CT molecular complexity index is 264. The van der Waals surface area contributed by atoms with Gasteiger partial charge in [0.1, 0.15) is 5.78 Å². The van der Waals surface area contributed by atoms with E-state index in [2.05, 4.69) is 5.32 Å². The van der Waals surface area contributed by atoms with Crippen LogP contribution in [0.3, 0.4) is 0 Å². The monoisotopic (exact) mass is 241 g/mol. The minimum Gasteiger partial charge on any atom is -0.352 e. The molecule has 90 valence electrons. The average Bonchev–Trinajstić information content (AvgIpc) is 2.33. The molecule has 1 amide bonds. The second kappa shape index (κ2) is 5.71. The zero-order valence-electron chi connectivity index (χ0n) is 9.54. The van der Waals surface area contributed by atoms with Gasteiger partial charge in [0.25, 0.3) is 0 Å². The van der Waals surface area contributed by atoms with E-state index in [1.54, 1.807) is 11.8 Å². The molecule has 1 N–H and O–H groups in total. The molecule has 0 spiro atoms. The lowest BCUT2D eigenvalue weighted by atomic mass is 9.94. The van der Waals surface area contributed by atoms with Crippen molar-refractivity contribution in [2.24, 2.45) is 0 Å². The highest BCUT2D eigenvalue weighted by Gasteiger charge is 2.25. The number of thioether (sulfide) groups is 1. The molecule has 0 bridgehead atoms. The number of nitrogens with one attached hydrogen (secondary N) is 1. The fraction of sp³-hybridized carbons (Fsp3) is 0.833. The molecule has 1 heterocycles. The van der Waals surface area contributed by atoms with Crippen molar-refractivity contribution < 1.29 is 9.59 Å². The number of carbonyl (C=O) groups is 2. The maximum atomic E-state index is 11.9. The Hall–Kier alpha value is -0.510. The summed E-state index contributed by atoms with van der Waals surface area (Å²) in [5, 5.41) is 3.26. The van der Waals surface area contributed by atoms with Crippen LogP contribution in [0.25, 0.3) is 0 Å². The number of hydrogen-bond donors (Lipinski definition) is 1. The van der Waals surface area contributed by atoms with Crippen molar-refractivity contribution in [2.75, 3.05) is 5.75 Å². The van der Waals surface area contributed by atoms with E-state index in [1.165, 1.54) is 12.8 Å². The molecule has 0 radical (unpaired) electrons. The highest BCUT2D eigenvalue weighted by atomic mass is 32.2. The van der Waals surface area contributed by atoms with Crippen molar-refractivity contribution in [1.82, 2.24) is 5.32 Å². The van der Waals surface area contributed by atoms with Crippen molar-refractivity contribution >= 4 is 23.5 Å². The molecule has 1 saturated heterocycles. The van der Waals surface area contributed by atoms with E-state index in [-0.39, 0.29) is 17.2 Å². The van der Waals surface area contributed by atoms with E-state index in [4.69, 9.17) is 0 Å². The maximum Gasteiger partial charge on any atom is 0.233 e. The van der Waals surface area contributed by atoms with Gasteiger partial charge in [-0.05, 0) is 31.4 Å². The van der Waals surface area contributed by atoms with Crippen LogP contribution in [-0.2, 0) is 9.59 Å². The normalized spacial score (nSPS) is 27.8. The second-order valence-electron chi connectivity index (χ2n) is 4.68. The predicted octanol–water partition coefficient (Wildman–Crippen LogP) is 1.90. The van der Waals surface area contributed by atoms with Gasteiger partial charge in [0.05, 0.1) is 5.25 Å². The average molecular weight is 241 g/mol. The van der Waals surface area contributed by atoms with Crippen LogP contribution in [0.1, 0.15) is 44.9 Å². The molecule has 1 aliphatic heterocycles. The summed E-state index contributed by atoms with van der Waals surface area (Å²) in [6.07, 6.45) is 6.39. The fourth-order valence-electron chi connectivity index (χ4n) is 2.33. The first kappa shape index (κ1) is 12.0. The summed E-state index contributed by atoms with van der Waals surface area (Å²) >= 11 is 1.78. The molecule has 0 aromatic carbocycles. The summed E-state index contributed by atoms with van der Waals surface area (Å²) in [5.41, 5.74) is 0. The van der Waals surface area contributed by atoms with Crippen molar-refractivity contribution in [3.63, 3.8) is 0 Å². The quantitative estimate of drug-likeness (QED) is 0.803. The molecule has 2 fully saturated rings. The lowest BCUT2D eigenvalue weighted by Crippen LogP contribution is -2.42. The zero-order chi connectivity index (χ0) is 11.4. The first-order valence-electron chi connectivity index (χ1n) is 6.19. The van der Waals surface area contributed by atoms with Gasteiger partial charge < -0.3 is 5.32 Å². The van der Waals surface area contributed by atoms with E-state index in [0.717, 1.165) is 25.0 Å². The Morgan fingerprint density at radius 2 is 1.94 bits per heavy atom.